The van der Waals surface area contributed by atoms with Crippen LogP contribution in [-0.4, -0.2) is 64.9 Å². The van der Waals surface area contributed by atoms with E-state index in [0.29, 0.717) is 25.6 Å². The van der Waals surface area contributed by atoms with E-state index >= 15 is 0 Å². The lowest BCUT2D eigenvalue weighted by Crippen LogP contribution is -2.55. The third-order valence-corrected chi connectivity index (χ3v) is 4.37. The summed E-state index contributed by atoms with van der Waals surface area (Å²) in [6.45, 7) is 1.78. The maximum Gasteiger partial charge on any atom is 0.246 e. The van der Waals surface area contributed by atoms with Crippen LogP contribution in [0, 0.1) is 0 Å². The minimum atomic E-state index is -0.639. The van der Waals surface area contributed by atoms with Crippen molar-refractivity contribution in [2.24, 2.45) is 12.0 Å². The molecule has 0 spiro atoms. The van der Waals surface area contributed by atoms with Crippen LogP contribution in [0.1, 0.15) is 11.7 Å². The van der Waals surface area contributed by atoms with E-state index < -0.39 is 6.10 Å². The summed E-state index contributed by atoms with van der Waals surface area (Å²) in [4.78, 5) is 20.4. The molecule has 1 fully saturated rings. The maximum absolute atomic E-state index is 12.5. The van der Waals surface area contributed by atoms with Gasteiger partial charge in [-0.05, 0) is 5.56 Å². The molecule has 138 valence electrons. The van der Waals surface area contributed by atoms with Crippen LogP contribution < -0.4 is 10.2 Å². The van der Waals surface area contributed by atoms with Gasteiger partial charge in [-0.15, -0.1) is 0 Å². The van der Waals surface area contributed by atoms with Crippen LogP contribution in [0.5, 0.6) is 0 Å². The second-order valence-electron chi connectivity index (χ2n) is 6.19. The van der Waals surface area contributed by atoms with Crippen molar-refractivity contribution in [2.45, 2.75) is 6.10 Å². The number of amides is 1. The van der Waals surface area contributed by atoms with Crippen molar-refractivity contribution in [3.8, 4) is 0 Å². The van der Waals surface area contributed by atoms with Gasteiger partial charge in [0.25, 0.3) is 0 Å². The highest BCUT2D eigenvalue weighted by atomic mass is 16.3. The molecule has 8 heteroatoms. The SMILES string of the molecule is CN=C(NCC(O)c1ccccc1)N1CCN(c2cnn(C)c2)C(=O)C1. The molecule has 1 aromatic heterocycles. The third-order valence-electron chi connectivity index (χ3n) is 4.37. The average molecular weight is 356 g/mol. The van der Waals surface area contributed by atoms with E-state index in [0.717, 1.165) is 11.3 Å². The fourth-order valence-electron chi connectivity index (χ4n) is 2.99. The minimum Gasteiger partial charge on any atom is -0.387 e. The van der Waals surface area contributed by atoms with Crippen LogP contribution in [0.3, 0.4) is 0 Å². The second kappa shape index (κ2) is 8.01. The van der Waals surface area contributed by atoms with E-state index in [1.807, 2.05) is 48.5 Å². The number of nitrogens with one attached hydrogen (secondary N) is 1. The molecule has 0 radical (unpaired) electrons. The monoisotopic (exact) mass is 356 g/mol. The van der Waals surface area contributed by atoms with Crippen LogP contribution in [0.2, 0.25) is 0 Å². The van der Waals surface area contributed by atoms with Crippen molar-refractivity contribution >= 4 is 17.6 Å². The van der Waals surface area contributed by atoms with E-state index in [4.69, 9.17) is 0 Å². The Hall–Kier alpha value is -2.87. The number of aliphatic hydroxyl groups excluding tert-OH is 1. The molecule has 2 aromatic rings. The number of carbonyl (C=O) groups is 1. The number of aryl methyl sites for hydroxylation is 1. The Kier molecular flexibility index (Phi) is 5.52. The molecule has 1 saturated heterocycles. The number of benzene rings is 1. The zero-order valence-electron chi connectivity index (χ0n) is 15.0. The van der Waals surface area contributed by atoms with Crippen LogP contribution >= 0.6 is 0 Å². The van der Waals surface area contributed by atoms with Gasteiger partial charge in [-0.3, -0.25) is 14.5 Å². The van der Waals surface area contributed by atoms with Gasteiger partial charge in [0.2, 0.25) is 5.91 Å². The lowest BCUT2D eigenvalue weighted by molar-refractivity contribution is -0.120. The highest BCUT2D eigenvalue weighted by Crippen LogP contribution is 2.16. The molecule has 2 N–H and O–H groups in total. The molecule has 0 aliphatic carbocycles. The number of piperazine rings is 1. The normalized spacial score (nSPS) is 16.7. The van der Waals surface area contributed by atoms with E-state index in [-0.39, 0.29) is 12.5 Å². The summed E-state index contributed by atoms with van der Waals surface area (Å²) < 4.78 is 1.68. The Labute approximate surface area is 152 Å². The van der Waals surface area contributed by atoms with Crippen LogP contribution in [0.15, 0.2) is 47.7 Å². The number of aliphatic imine (C=N–C) groups is 1. The summed E-state index contributed by atoms with van der Waals surface area (Å²) in [6, 6.07) is 9.46. The molecule has 26 heavy (non-hydrogen) atoms. The Bertz CT molecular complexity index is 773. The standard InChI is InChI=1S/C18H24N6O2/c1-19-18(20-11-16(25)14-6-4-3-5-7-14)23-8-9-24(17(26)13-23)15-10-21-22(2)12-15/h3-7,10,12,16,25H,8-9,11,13H2,1-2H3,(H,19,20). The fourth-order valence-corrected chi connectivity index (χ4v) is 2.99. The molecule has 0 bridgehead atoms. The molecule has 1 unspecified atom stereocenters. The second-order valence-corrected chi connectivity index (χ2v) is 6.19. The lowest BCUT2D eigenvalue weighted by atomic mass is 10.1. The van der Waals surface area contributed by atoms with E-state index in [1.165, 1.54) is 0 Å². The number of anilines is 1. The van der Waals surface area contributed by atoms with Gasteiger partial charge in [-0.1, -0.05) is 30.3 Å². The first-order valence-corrected chi connectivity index (χ1v) is 8.56. The first-order valence-electron chi connectivity index (χ1n) is 8.56. The number of aromatic nitrogens is 2. The zero-order valence-corrected chi connectivity index (χ0v) is 15.0. The Morgan fingerprint density at radius 1 is 1.35 bits per heavy atom. The predicted octanol–water partition coefficient (Wildman–Crippen LogP) is 0.378. The predicted molar refractivity (Wildman–Crippen MR) is 99.9 cm³/mol. The first-order chi connectivity index (χ1) is 12.6. The third kappa shape index (κ3) is 4.02. The quantitative estimate of drug-likeness (QED) is 0.611. The molecule has 8 nitrogen and oxygen atoms in total. The Morgan fingerprint density at radius 2 is 2.12 bits per heavy atom. The van der Waals surface area contributed by atoms with E-state index in [2.05, 4.69) is 15.4 Å². The van der Waals surface area contributed by atoms with Crippen molar-refractivity contribution < 1.29 is 9.90 Å². The molecular formula is C18H24N6O2. The number of hydrogen-bond donors (Lipinski definition) is 2. The number of hydrogen-bond acceptors (Lipinski definition) is 4. The van der Waals surface area contributed by atoms with Gasteiger partial charge in [-0.2, -0.15) is 5.10 Å². The Morgan fingerprint density at radius 3 is 2.73 bits per heavy atom. The van der Waals surface area contributed by atoms with Gasteiger partial charge >= 0.3 is 0 Å². The molecule has 0 saturated carbocycles. The van der Waals surface area contributed by atoms with Gasteiger partial charge in [-0.25, -0.2) is 0 Å². The van der Waals surface area contributed by atoms with Gasteiger partial charge in [0.15, 0.2) is 5.96 Å². The summed E-state index contributed by atoms with van der Waals surface area (Å²) in [6.07, 6.45) is 2.88. The highest BCUT2D eigenvalue weighted by Gasteiger charge is 2.27. The zero-order chi connectivity index (χ0) is 18.5. The van der Waals surface area contributed by atoms with E-state index in [1.54, 1.807) is 22.8 Å². The summed E-state index contributed by atoms with van der Waals surface area (Å²) in [5.74, 6) is 0.606. The smallest absolute Gasteiger partial charge is 0.246 e. The maximum atomic E-state index is 12.5. The van der Waals surface area contributed by atoms with Gasteiger partial charge in [0.05, 0.1) is 18.0 Å². The van der Waals surface area contributed by atoms with Crippen molar-refractivity contribution in [1.82, 2.24) is 20.0 Å². The summed E-state index contributed by atoms with van der Waals surface area (Å²) in [5, 5.41) is 17.6. The molecule has 2 heterocycles. The molecule has 3 rings (SSSR count). The molecule has 1 aliphatic heterocycles. The fraction of sp³-hybridized carbons (Fsp3) is 0.389. The number of carbonyl (C=O) groups excluding carboxylic acids is 1. The van der Waals surface area contributed by atoms with Crippen molar-refractivity contribution in [3.05, 3.63) is 48.3 Å². The van der Waals surface area contributed by atoms with Gasteiger partial charge in [0, 0.05) is 39.9 Å². The van der Waals surface area contributed by atoms with Crippen LogP contribution in [0.4, 0.5) is 5.69 Å². The number of nitrogens with zero attached hydrogens (tertiary/aromatic N) is 5. The number of rotatable bonds is 4. The molecule has 1 aromatic carbocycles. The van der Waals surface area contributed by atoms with Crippen molar-refractivity contribution in [1.29, 1.82) is 0 Å². The molecule has 1 aliphatic rings. The molecule has 1 amide bonds. The minimum absolute atomic E-state index is 0.00388. The van der Waals surface area contributed by atoms with E-state index in [9.17, 15) is 9.90 Å². The summed E-state index contributed by atoms with van der Waals surface area (Å²) >= 11 is 0. The lowest BCUT2D eigenvalue weighted by Gasteiger charge is -2.35. The van der Waals surface area contributed by atoms with Gasteiger partial charge in [0.1, 0.15) is 6.54 Å². The van der Waals surface area contributed by atoms with Crippen LogP contribution in [-0.2, 0) is 11.8 Å². The van der Waals surface area contributed by atoms with Gasteiger partial charge < -0.3 is 20.2 Å². The Balaban J connectivity index is 1.57. The number of guanidine groups is 1. The first kappa shape index (κ1) is 17.9. The summed E-state index contributed by atoms with van der Waals surface area (Å²) in [7, 11) is 3.50. The molecular weight excluding hydrogens is 332 g/mol. The highest BCUT2D eigenvalue weighted by molar-refractivity contribution is 5.98. The van der Waals surface area contributed by atoms with Crippen LogP contribution in [0.25, 0.3) is 0 Å². The summed E-state index contributed by atoms with van der Waals surface area (Å²) in [5.41, 5.74) is 1.65. The topological polar surface area (TPSA) is 86.0 Å². The number of aliphatic hydroxyl groups is 1. The average Bonchev–Trinajstić information content (AvgIpc) is 3.09. The molecule has 1 atom stereocenters. The van der Waals surface area contributed by atoms with Crippen molar-refractivity contribution in [2.75, 3.05) is 38.1 Å². The van der Waals surface area contributed by atoms with Crippen molar-refractivity contribution in [3.63, 3.8) is 0 Å². The largest absolute Gasteiger partial charge is 0.387 e.